The van der Waals surface area contributed by atoms with Crippen LogP contribution in [0, 0.1) is 17.7 Å². The summed E-state index contributed by atoms with van der Waals surface area (Å²) in [7, 11) is 0. The minimum absolute atomic E-state index is 0.156. The molecule has 6 heteroatoms. The molecule has 1 aromatic carbocycles. The summed E-state index contributed by atoms with van der Waals surface area (Å²) >= 11 is 0. The Labute approximate surface area is 171 Å². The number of halogens is 1. The highest BCUT2D eigenvalue weighted by molar-refractivity contribution is 5.94. The van der Waals surface area contributed by atoms with Crippen LogP contribution in [0.4, 0.5) is 10.2 Å². The Bertz CT molecular complexity index is 911. The summed E-state index contributed by atoms with van der Waals surface area (Å²) in [6.07, 6.45) is 0.950. The van der Waals surface area contributed by atoms with Gasteiger partial charge in [0.2, 0.25) is 0 Å². The van der Waals surface area contributed by atoms with Gasteiger partial charge >= 0.3 is 5.97 Å². The molecule has 0 radical (unpaired) electrons. The van der Waals surface area contributed by atoms with E-state index in [9.17, 15) is 14.3 Å². The molecule has 0 bridgehead atoms. The molecule has 29 heavy (non-hydrogen) atoms. The third kappa shape index (κ3) is 4.69. The second kappa shape index (κ2) is 8.01. The molecule has 3 rings (SSSR count). The topological polar surface area (TPSA) is 62.7 Å². The number of anilines is 1. The Morgan fingerprint density at radius 1 is 1.34 bits per heavy atom. The van der Waals surface area contributed by atoms with Crippen molar-refractivity contribution in [2.45, 2.75) is 46.6 Å². The molecule has 0 spiro atoms. The maximum absolute atomic E-state index is 14.2. The van der Waals surface area contributed by atoms with Gasteiger partial charge in [-0.1, -0.05) is 20.8 Å². The zero-order valence-electron chi connectivity index (χ0n) is 17.7. The smallest absolute Gasteiger partial charge is 0.339 e. The van der Waals surface area contributed by atoms with Crippen LogP contribution in [0.3, 0.4) is 0 Å². The van der Waals surface area contributed by atoms with Crippen molar-refractivity contribution in [3.8, 4) is 17.0 Å². The number of carbonyl (C=O) groups is 1. The van der Waals surface area contributed by atoms with E-state index in [1.54, 1.807) is 18.2 Å². The number of rotatable bonds is 6. The summed E-state index contributed by atoms with van der Waals surface area (Å²) in [5.74, 6) is 0.187. The summed E-state index contributed by atoms with van der Waals surface area (Å²) in [5.41, 5.74) is 1.03. The van der Waals surface area contributed by atoms with Gasteiger partial charge in [0.25, 0.3) is 0 Å². The van der Waals surface area contributed by atoms with E-state index in [-0.39, 0.29) is 11.1 Å². The van der Waals surface area contributed by atoms with E-state index in [1.807, 2.05) is 13.8 Å². The number of benzene rings is 1. The quantitative estimate of drug-likeness (QED) is 0.718. The first kappa shape index (κ1) is 21.1. The van der Waals surface area contributed by atoms with Gasteiger partial charge in [-0.05, 0) is 56.4 Å². The van der Waals surface area contributed by atoms with Gasteiger partial charge in [0, 0.05) is 23.7 Å². The molecule has 1 atom stereocenters. The first-order chi connectivity index (χ1) is 13.6. The standard InChI is InChI=1S/C23H29FN2O3/c1-14(2)13-29-18-9-16(8-17(24)10-18)20-7-6-19(22(27)28)21(25-20)26-12-15(3)11-23(26,4)5/h6-10,14-15H,11-13H2,1-5H3,(H,27,28). The molecule has 1 aromatic heterocycles. The maximum atomic E-state index is 14.2. The van der Waals surface area contributed by atoms with Crippen LogP contribution in [0.25, 0.3) is 11.3 Å². The van der Waals surface area contributed by atoms with Crippen molar-refractivity contribution in [1.82, 2.24) is 4.98 Å². The molecule has 1 N–H and O–H groups in total. The van der Waals surface area contributed by atoms with Crippen molar-refractivity contribution >= 4 is 11.8 Å². The van der Waals surface area contributed by atoms with Crippen molar-refractivity contribution in [3.05, 3.63) is 41.7 Å². The minimum Gasteiger partial charge on any atom is -0.493 e. The molecule has 1 saturated heterocycles. The monoisotopic (exact) mass is 400 g/mol. The molecule has 2 aromatic rings. The van der Waals surface area contributed by atoms with E-state index in [1.165, 1.54) is 12.1 Å². The Morgan fingerprint density at radius 2 is 2.07 bits per heavy atom. The zero-order valence-corrected chi connectivity index (χ0v) is 17.7. The molecule has 1 unspecified atom stereocenters. The molecule has 0 aliphatic carbocycles. The van der Waals surface area contributed by atoms with Crippen LogP contribution >= 0.6 is 0 Å². The van der Waals surface area contributed by atoms with E-state index in [0.717, 1.165) is 13.0 Å². The molecule has 5 nitrogen and oxygen atoms in total. The summed E-state index contributed by atoms with van der Waals surface area (Å²) in [5, 5.41) is 9.69. The number of carboxylic acid groups (broad SMARTS) is 1. The average Bonchev–Trinajstić information content (AvgIpc) is 2.91. The van der Waals surface area contributed by atoms with E-state index < -0.39 is 11.8 Å². The number of ether oxygens (including phenoxy) is 1. The lowest BCUT2D eigenvalue weighted by molar-refractivity contribution is 0.0697. The van der Waals surface area contributed by atoms with Crippen molar-refractivity contribution in [1.29, 1.82) is 0 Å². The van der Waals surface area contributed by atoms with Gasteiger partial charge in [0.1, 0.15) is 22.9 Å². The van der Waals surface area contributed by atoms with Gasteiger partial charge in [-0.25, -0.2) is 14.2 Å². The third-order valence-corrected chi connectivity index (χ3v) is 5.18. The van der Waals surface area contributed by atoms with Gasteiger partial charge in [0.05, 0.1) is 12.3 Å². The second-order valence-corrected chi connectivity index (χ2v) is 8.99. The largest absolute Gasteiger partial charge is 0.493 e. The zero-order chi connectivity index (χ0) is 21.3. The van der Waals surface area contributed by atoms with Crippen LogP contribution in [0.15, 0.2) is 30.3 Å². The second-order valence-electron chi connectivity index (χ2n) is 8.99. The van der Waals surface area contributed by atoms with E-state index in [0.29, 0.717) is 41.3 Å². The van der Waals surface area contributed by atoms with Gasteiger partial charge in [-0.15, -0.1) is 0 Å². The first-order valence-corrected chi connectivity index (χ1v) is 10.0. The Hall–Kier alpha value is -2.63. The van der Waals surface area contributed by atoms with Gasteiger partial charge in [0.15, 0.2) is 0 Å². The molecule has 0 saturated carbocycles. The Kier molecular flexibility index (Phi) is 5.82. The molecule has 156 valence electrons. The Balaban J connectivity index is 2.05. The SMILES string of the molecule is CC(C)COc1cc(F)cc(-c2ccc(C(=O)O)c(N3CC(C)CC3(C)C)n2)c1. The molecule has 0 amide bonds. The van der Waals surface area contributed by atoms with Crippen LogP contribution in [-0.2, 0) is 0 Å². The predicted octanol–water partition coefficient (Wildman–Crippen LogP) is 5.25. The molecule has 1 aliphatic rings. The predicted molar refractivity (Wildman–Crippen MR) is 112 cm³/mol. The average molecular weight is 400 g/mol. The number of nitrogens with zero attached hydrogens (tertiary/aromatic N) is 2. The summed E-state index contributed by atoms with van der Waals surface area (Å²) in [6.45, 7) is 11.6. The fourth-order valence-electron chi connectivity index (χ4n) is 4.00. The maximum Gasteiger partial charge on any atom is 0.339 e. The van der Waals surface area contributed by atoms with Crippen LogP contribution in [0.2, 0.25) is 0 Å². The van der Waals surface area contributed by atoms with Crippen molar-refractivity contribution in [2.24, 2.45) is 11.8 Å². The number of hydrogen-bond donors (Lipinski definition) is 1. The van der Waals surface area contributed by atoms with Gasteiger partial charge in [-0.2, -0.15) is 0 Å². The number of aromatic carboxylic acids is 1. The minimum atomic E-state index is -1.02. The van der Waals surface area contributed by atoms with E-state index in [2.05, 4.69) is 30.7 Å². The highest BCUT2D eigenvalue weighted by Gasteiger charge is 2.39. The van der Waals surface area contributed by atoms with Crippen molar-refractivity contribution in [3.63, 3.8) is 0 Å². The van der Waals surface area contributed by atoms with Crippen molar-refractivity contribution < 1.29 is 19.0 Å². The van der Waals surface area contributed by atoms with E-state index in [4.69, 9.17) is 4.74 Å². The molecule has 1 fully saturated rings. The molecular weight excluding hydrogens is 371 g/mol. The highest BCUT2D eigenvalue weighted by Crippen LogP contribution is 2.38. The van der Waals surface area contributed by atoms with E-state index >= 15 is 0 Å². The normalized spacial score (nSPS) is 18.3. The third-order valence-electron chi connectivity index (χ3n) is 5.18. The number of hydrogen-bond acceptors (Lipinski definition) is 4. The lowest BCUT2D eigenvalue weighted by Gasteiger charge is -2.33. The molecule has 1 aliphatic heterocycles. The molecular formula is C23H29FN2O3. The van der Waals surface area contributed by atoms with Crippen molar-refractivity contribution in [2.75, 3.05) is 18.1 Å². The fraction of sp³-hybridized carbons (Fsp3) is 0.478. The first-order valence-electron chi connectivity index (χ1n) is 10.0. The van der Waals surface area contributed by atoms with Crippen LogP contribution in [0.1, 0.15) is 51.4 Å². The van der Waals surface area contributed by atoms with Crippen LogP contribution in [0.5, 0.6) is 5.75 Å². The Morgan fingerprint density at radius 3 is 2.66 bits per heavy atom. The van der Waals surface area contributed by atoms with Gasteiger partial charge in [-0.3, -0.25) is 0 Å². The number of carboxylic acids is 1. The highest BCUT2D eigenvalue weighted by atomic mass is 19.1. The molecule has 2 heterocycles. The summed E-state index contributed by atoms with van der Waals surface area (Å²) in [6, 6.07) is 7.67. The summed E-state index contributed by atoms with van der Waals surface area (Å²) < 4.78 is 19.9. The van der Waals surface area contributed by atoms with Crippen LogP contribution in [-0.4, -0.2) is 34.8 Å². The van der Waals surface area contributed by atoms with Crippen LogP contribution < -0.4 is 9.64 Å². The number of pyridine rings is 1. The van der Waals surface area contributed by atoms with Gasteiger partial charge < -0.3 is 14.7 Å². The summed E-state index contributed by atoms with van der Waals surface area (Å²) in [4.78, 5) is 18.6. The number of aromatic nitrogens is 1. The lowest BCUT2D eigenvalue weighted by atomic mass is 9.97. The lowest BCUT2D eigenvalue weighted by Crippen LogP contribution is -2.39. The fourth-order valence-corrected chi connectivity index (χ4v) is 4.00.